The zero-order valence-corrected chi connectivity index (χ0v) is 77.6. The number of hydrogen-bond donors (Lipinski definition) is 7. The highest BCUT2D eigenvalue weighted by Crippen LogP contribution is 2.40. The number of aliphatic hydroxyl groups excluding tert-OH is 2. The maximum atomic E-state index is 11.7. The molecule has 0 bridgehead atoms. The van der Waals surface area contributed by atoms with Crippen LogP contribution in [0.3, 0.4) is 0 Å². The molecular formula is C96H100Br2Cl3N17O11. The van der Waals surface area contributed by atoms with Gasteiger partial charge in [-0.2, -0.15) is 30.5 Å². The molecule has 4 aliphatic rings. The molecule has 18 rings (SSSR count). The quantitative estimate of drug-likeness (QED) is 0.0276. The van der Waals surface area contributed by atoms with Crippen molar-refractivity contribution in [1.29, 1.82) is 10.5 Å². The van der Waals surface area contributed by atoms with Gasteiger partial charge in [-0.05, 0) is 216 Å². The summed E-state index contributed by atoms with van der Waals surface area (Å²) in [5.41, 5.74) is 34.3. The number of nitrogens with two attached hydrogens (primary N) is 3. The first-order valence-electron chi connectivity index (χ1n) is 42.3. The van der Waals surface area contributed by atoms with Crippen LogP contribution in [-0.2, 0) is 33.0 Å². The molecule has 14 aromatic rings. The second-order valence-corrected chi connectivity index (χ2v) is 35.6. The molecule has 6 aromatic heterocycles. The van der Waals surface area contributed by atoms with Gasteiger partial charge in [0.2, 0.25) is 0 Å². The molecule has 0 radical (unpaired) electrons. The van der Waals surface area contributed by atoms with Crippen LogP contribution in [0.2, 0.25) is 15.4 Å². The molecule has 8 atom stereocenters. The van der Waals surface area contributed by atoms with Crippen molar-refractivity contribution in [2.75, 3.05) is 68.2 Å². The van der Waals surface area contributed by atoms with Gasteiger partial charge in [0.15, 0.2) is 28.6 Å². The Hall–Kier alpha value is -11.3. The van der Waals surface area contributed by atoms with E-state index < -0.39 is 6.04 Å². The summed E-state index contributed by atoms with van der Waals surface area (Å²) >= 11 is 25.5. The number of nitriles is 2. The number of nitrogens with zero attached hydrogens (tertiary/aromatic N) is 12. The number of fused-ring (bicyclic) bond motifs is 4. The van der Waals surface area contributed by atoms with Crippen LogP contribution in [0.1, 0.15) is 108 Å². The second-order valence-electron chi connectivity index (χ2n) is 32.7. The third-order valence-corrected chi connectivity index (χ3v) is 24.7. The number of aromatic nitrogens is 6. The normalized spacial score (nSPS) is 18.2. The number of likely N-dealkylation sites (N-methyl/N-ethyl adjacent to an activating group) is 2. The molecule has 0 saturated carbocycles. The van der Waals surface area contributed by atoms with Crippen LogP contribution >= 0.6 is 66.7 Å². The summed E-state index contributed by atoms with van der Waals surface area (Å²) in [5, 5.41) is 45.3. The Morgan fingerprint density at radius 1 is 0.550 bits per heavy atom. The van der Waals surface area contributed by atoms with Gasteiger partial charge in [0.25, 0.3) is 23.4 Å². The predicted octanol–water partition coefficient (Wildman–Crippen LogP) is 17.6. The fraction of sp³-hybridized carbons (Fsp3) is 0.323. The van der Waals surface area contributed by atoms with Crippen LogP contribution in [0.15, 0.2) is 203 Å². The van der Waals surface area contributed by atoms with Crippen LogP contribution in [0.25, 0.3) is 66.7 Å². The maximum absolute atomic E-state index is 11.7. The Balaban J connectivity index is 0.000000152. The molecule has 33 heteroatoms. The van der Waals surface area contributed by atoms with Crippen molar-refractivity contribution in [3.63, 3.8) is 0 Å². The van der Waals surface area contributed by atoms with E-state index in [-0.39, 0.29) is 68.7 Å². The smallest absolute Gasteiger partial charge is 0.298 e. The van der Waals surface area contributed by atoms with Gasteiger partial charge in [-0.15, -0.1) is 0 Å². The monoisotopic (exact) mass is 1930 g/mol. The Labute approximate surface area is 778 Å². The molecular weight excluding hydrogens is 1830 g/mol. The van der Waals surface area contributed by atoms with Gasteiger partial charge in [0.1, 0.15) is 83.6 Å². The van der Waals surface area contributed by atoms with E-state index in [4.69, 9.17) is 104 Å². The van der Waals surface area contributed by atoms with E-state index >= 15 is 0 Å². The first-order chi connectivity index (χ1) is 62.3. The van der Waals surface area contributed by atoms with Gasteiger partial charge in [0.05, 0.1) is 46.0 Å². The number of nitrogens with one attached hydrogen (secondary N) is 2. The minimum atomic E-state index is -0.453. The maximum Gasteiger partial charge on any atom is 0.298 e. The molecule has 129 heavy (non-hydrogen) atoms. The number of ether oxygens (including phenoxy) is 4. The van der Waals surface area contributed by atoms with Crippen molar-refractivity contribution >= 4 is 135 Å². The van der Waals surface area contributed by atoms with Crippen molar-refractivity contribution in [2.24, 2.45) is 17.2 Å². The highest BCUT2D eigenvalue weighted by Gasteiger charge is 2.34. The standard InChI is InChI=1S/C39H43ClN6O5.C33H28ClN5O4.C12H14BrN3O.C7H3BrClNO.C5H12N2/c1-24-10-31(42-3)19-46(24)39-44-35-13-28(8-9-36(35)51-39)33-7-5-6-29(25(33)2)23-50-38-14-37(49-22-27-11-26(15-41)16-43-17-27)30(12-34(38)40)18-45(4)32(20-47)21-48;1-20-7-27(36)16-39(20)33-38-29-11-25(5-6-30(29)43-33)24-4-2-3-21(9-24)18-42-32-12-31(26(17-40)10-28(32)34)41-19-23-8-22(13-35)14-37-15-23;1-7-4-9(14)6-16(7)12-15-10-5-8(13)2-3-11(10)17-12;8-4-1-2-6-5(3-4)10-7(9)11-6;1-4-2-5(6)3-7-4/h5-9,11-14,16-17,24,31-32,42,47-48H,10,18-23H2,1-4H3;2-6,8-12,14-15,17,20,27H,7,16,18-19,36H2,1H3;2-3,5,7,9H,4,6,14H2,1H3;1-3H;4-5,7H,2-3,6H2,1H3/t24-,31+;20-,27+;7-,9+;;4-,5+/m111.1/s1. The van der Waals surface area contributed by atoms with E-state index in [0.717, 1.165) is 150 Å². The van der Waals surface area contributed by atoms with Gasteiger partial charge < -0.3 is 89.4 Å². The fourth-order valence-electron chi connectivity index (χ4n) is 15.9. The van der Waals surface area contributed by atoms with E-state index in [1.54, 1.807) is 42.7 Å². The minimum Gasteiger partial charge on any atom is -0.488 e. The Kier molecular flexibility index (Phi) is 31.6. The van der Waals surface area contributed by atoms with Crippen LogP contribution in [0, 0.1) is 29.6 Å². The molecule has 0 unspecified atom stereocenters. The van der Waals surface area contributed by atoms with E-state index in [9.17, 15) is 20.3 Å². The summed E-state index contributed by atoms with van der Waals surface area (Å²) in [6.45, 7) is 14.9. The summed E-state index contributed by atoms with van der Waals surface area (Å²) in [6.07, 6.45) is 11.0. The number of hydrogen-bond acceptors (Lipinski definition) is 28. The number of oxazole rings is 4. The number of carbonyl (C=O) groups is 1. The lowest BCUT2D eigenvalue weighted by molar-refractivity contribution is 0.0865. The van der Waals surface area contributed by atoms with Gasteiger partial charge in [0, 0.05) is 144 Å². The summed E-state index contributed by atoms with van der Waals surface area (Å²) in [5.74, 6) is 1.66. The molecule has 0 aliphatic carbocycles. The van der Waals surface area contributed by atoms with Crippen molar-refractivity contribution in [3.8, 4) is 57.4 Å². The van der Waals surface area contributed by atoms with E-state index in [2.05, 4.69) is 136 Å². The third kappa shape index (κ3) is 23.9. The summed E-state index contributed by atoms with van der Waals surface area (Å²) in [6, 6.07) is 56.1. The first-order valence-corrected chi connectivity index (χ1v) is 45.0. The van der Waals surface area contributed by atoms with Crippen LogP contribution in [0.4, 0.5) is 18.0 Å². The van der Waals surface area contributed by atoms with Crippen molar-refractivity contribution in [3.05, 3.63) is 251 Å². The second kappa shape index (κ2) is 43.4. The first kappa shape index (κ1) is 93.8. The molecule has 0 spiro atoms. The van der Waals surface area contributed by atoms with E-state index in [1.807, 2.05) is 122 Å². The van der Waals surface area contributed by atoms with Gasteiger partial charge in [-0.25, -0.2) is 0 Å². The highest BCUT2D eigenvalue weighted by molar-refractivity contribution is 9.10. The summed E-state index contributed by atoms with van der Waals surface area (Å²) < 4.78 is 49.5. The van der Waals surface area contributed by atoms with Crippen molar-refractivity contribution < 1.29 is 51.6 Å². The zero-order valence-electron chi connectivity index (χ0n) is 72.2. The van der Waals surface area contributed by atoms with Crippen molar-refractivity contribution in [2.45, 2.75) is 148 Å². The predicted molar refractivity (Wildman–Crippen MR) is 508 cm³/mol. The van der Waals surface area contributed by atoms with E-state index in [1.165, 1.54) is 18.5 Å². The average Bonchev–Trinajstić information content (AvgIpc) is 1.70. The van der Waals surface area contributed by atoms with Crippen molar-refractivity contribution in [1.82, 2.24) is 45.4 Å². The summed E-state index contributed by atoms with van der Waals surface area (Å²) in [4.78, 5) is 46.2. The van der Waals surface area contributed by atoms with Gasteiger partial charge >= 0.3 is 0 Å². The SMILES string of the molecule is CN[C@H]1C[C@@H](C)N(c2nc3cc(-c4cccc(COc5cc(OCc6cncc(C#N)c6)c(CN(C)C(CO)CO)cc5Cl)c4C)ccc3o2)C1.C[C@@H]1C[C@H](N)CN1.C[C@@H]1C[C@H](N)CN1c1nc2cc(-c3cccc(COc4cc(OCc5cncc(C#N)c5)c(C=O)cc4Cl)c3)ccc2o1.C[C@@H]1C[C@H](N)CN1c1nc2cc(Br)ccc2o1.Clc1nc2cc(Br)ccc2o1. The summed E-state index contributed by atoms with van der Waals surface area (Å²) in [7, 11) is 3.80. The number of benzene rings is 8. The number of pyridine rings is 2. The molecule has 8 aromatic carbocycles. The molecule has 10 heterocycles. The molecule has 4 saturated heterocycles. The lowest BCUT2D eigenvalue weighted by atomic mass is 9.96. The van der Waals surface area contributed by atoms with E-state index in [0.29, 0.717) is 116 Å². The number of halogens is 5. The lowest BCUT2D eigenvalue weighted by Crippen LogP contribution is -2.37. The topological polar surface area (TPSA) is 387 Å². The Morgan fingerprint density at radius 2 is 1.05 bits per heavy atom. The average molecular weight is 1930 g/mol. The largest absolute Gasteiger partial charge is 0.488 e. The number of anilines is 3. The molecule has 28 nitrogen and oxygen atoms in total. The van der Waals surface area contributed by atoms with Gasteiger partial charge in [-0.1, -0.05) is 104 Å². The minimum absolute atomic E-state index is 0.119. The van der Waals surface area contributed by atoms with Crippen LogP contribution in [-0.4, -0.2) is 159 Å². The molecule has 4 fully saturated rings. The lowest BCUT2D eigenvalue weighted by Gasteiger charge is -2.26. The molecule has 4 aliphatic heterocycles. The van der Waals surface area contributed by atoms with Crippen LogP contribution < -0.4 is 61.5 Å². The van der Waals surface area contributed by atoms with Gasteiger partial charge in [-0.3, -0.25) is 19.7 Å². The van der Waals surface area contributed by atoms with Crippen LogP contribution in [0.5, 0.6) is 23.0 Å². The number of aldehydes is 1. The fourth-order valence-corrected chi connectivity index (χ4v) is 17.2. The zero-order chi connectivity index (χ0) is 91.1. The number of aliphatic hydroxyl groups is 2. The number of rotatable bonds is 24. The Morgan fingerprint density at radius 3 is 1.58 bits per heavy atom. The Bertz CT molecular complexity index is 6330. The molecule has 10 N–H and O–H groups in total. The molecule has 670 valence electrons. The highest BCUT2D eigenvalue weighted by atomic mass is 79.9. The third-order valence-electron chi connectivity index (χ3n) is 22.9. The number of carbonyl (C=O) groups excluding carboxylic acids is 1. The molecule has 0 amide bonds.